The Kier molecular flexibility index (Phi) is 6.06. The van der Waals surface area contributed by atoms with Crippen LogP contribution in [0.1, 0.15) is 20.7 Å². The van der Waals surface area contributed by atoms with Crippen molar-refractivity contribution in [2.75, 3.05) is 38.6 Å². The first-order valence-electron chi connectivity index (χ1n) is 8.87. The third kappa shape index (κ3) is 4.68. The minimum absolute atomic E-state index is 0.245. The van der Waals surface area contributed by atoms with Crippen molar-refractivity contribution in [3.8, 4) is 0 Å². The quantitative estimate of drug-likeness (QED) is 0.800. The number of carbonyl (C=O) groups excluding carboxylic acids is 3. The van der Waals surface area contributed by atoms with E-state index in [0.717, 1.165) is 13.2 Å². The van der Waals surface area contributed by atoms with E-state index in [2.05, 4.69) is 10.1 Å². The summed E-state index contributed by atoms with van der Waals surface area (Å²) in [5.41, 5.74) is 0.218. The Bertz CT molecular complexity index is 943. The van der Waals surface area contributed by atoms with Gasteiger partial charge in [-0.05, 0) is 36.4 Å². The molecular formula is C20H19F2N3O4. The fraction of sp³-hybridized carbons (Fsp3) is 0.250. The molecule has 7 nitrogen and oxygen atoms in total. The van der Waals surface area contributed by atoms with Gasteiger partial charge < -0.3 is 19.9 Å². The second kappa shape index (κ2) is 8.68. The number of hydrogen-bond acceptors (Lipinski definition) is 4. The number of anilines is 1. The van der Waals surface area contributed by atoms with Gasteiger partial charge in [0.1, 0.15) is 11.6 Å². The maximum atomic E-state index is 13.7. The van der Waals surface area contributed by atoms with Crippen molar-refractivity contribution in [3.05, 3.63) is 65.2 Å². The van der Waals surface area contributed by atoms with Gasteiger partial charge in [-0.25, -0.2) is 18.4 Å². The lowest BCUT2D eigenvalue weighted by Crippen LogP contribution is -2.51. The van der Waals surface area contributed by atoms with Gasteiger partial charge >= 0.3 is 12.0 Å². The van der Waals surface area contributed by atoms with E-state index in [4.69, 9.17) is 0 Å². The van der Waals surface area contributed by atoms with Crippen LogP contribution in [0, 0.1) is 11.6 Å². The fourth-order valence-corrected chi connectivity index (χ4v) is 2.99. The number of amides is 3. The Morgan fingerprint density at radius 2 is 1.66 bits per heavy atom. The third-order valence-electron chi connectivity index (χ3n) is 4.55. The van der Waals surface area contributed by atoms with Crippen LogP contribution in [0.2, 0.25) is 0 Å². The van der Waals surface area contributed by atoms with Gasteiger partial charge in [-0.3, -0.25) is 4.79 Å². The summed E-state index contributed by atoms with van der Waals surface area (Å²) in [6.45, 7) is 1.13. The number of urea groups is 1. The number of rotatable bonds is 3. The van der Waals surface area contributed by atoms with Crippen LogP contribution in [0.25, 0.3) is 0 Å². The van der Waals surface area contributed by atoms with Crippen molar-refractivity contribution in [2.24, 2.45) is 0 Å². The molecule has 0 atom stereocenters. The highest BCUT2D eigenvalue weighted by atomic mass is 19.1. The third-order valence-corrected chi connectivity index (χ3v) is 4.55. The molecule has 2 aromatic carbocycles. The number of hydrogen-bond donors (Lipinski definition) is 1. The number of carbonyl (C=O) groups is 3. The van der Waals surface area contributed by atoms with Crippen molar-refractivity contribution in [3.63, 3.8) is 0 Å². The molecule has 0 saturated carbocycles. The fourth-order valence-electron chi connectivity index (χ4n) is 2.99. The smallest absolute Gasteiger partial charge is 0.340 e. The zero-order chi connectivity index (χ0) is 21.0. The molecule has 3 rings (SSSR count). The molecule has 0 bridgehead atoms. The SMILES string of the molecule is COC(=O)c1cc(NC(=O)N2CCN(C(=O)c3cccc(F)c3)CC2)ccc1F. The molecule has 0 aromatic heterocycles. The molecule has 1 saturated heterocycles. The normalized spacial score (nSPS) is 13.8. The summed E-state index contributed by atoms with van der Waals surface area (Å²) in [6, 6.07) is 8.61. The van der Waals surface area contributed by atoms with Crippen molar-refractivity contribution in [1.82, 2.24) is 9.80 Å². The second-order valence-electron chi connectivity index (χ2n) is 6.41. The predicted octanol–water partition coefficient (Wildman–Crippen LogP) is 2.74. The van der Waals surface area contributed by atoms with Gasteiger partial charge in [-0.1, -0.05) is 6.07 Å². The molecule has 1 N–H and O–H groups in total. The molecule has 152 valence electrons. The molecule has 0 unspecified atom stereocenters. The predicted molar refractivity (Wildman–Crippen MR) is 101 cm³/mol. The zero-order valence-electron chi connectivity index (χ0n) is 15.7. The molecule has 9 heteroatoms. The molecule has 1 aliphatic heterocycles. The van der Waals surface area contributed by atoms with Gasteiger partial charge in [0.2, 0.25) is 0 Å². The summed E-state index contributed by atoms with van der Waals surface area (Å²) >= 11 is 0. The summed E-state index contributed by atoms with van der Waals surface area (Å²) in [5.74, 6) is -2.38. The molecule has 2 aromatic rings. The molecule has 0 aliphatic carbocycles. The number of methoxy groups -OCH3 is 1. The van der Waals surface area contributed by atoms with E-state index in [1.54, 1.807) is 4.90 Å². The lowest BCUT2D eigenvalue weighted by atomic mass is 10.1. The average Bonchev–Trinajstić information content (AvgIpc) is 2.74. The van der Waals surface area contributed by atoms with Crippen LogP contribution in [0.3, 0.4) is 0 Å². The molecule has 1 aliphatic rings. The summed E-state index contributed by atoms with van der Waals surface area (Å²) in [6.07, 6.45) is 0. The Morgan fingerprint density at radius 1 is 0.966 bits per heavy atom. The van der Waals surface area contributed by atoms with Gasteiger partial charge in [0.15, 0.2) is 0 Å². The van der Waals surface area contributed by atoms with E-state index in [0.29, 0.717) is 13.1 Å². The van der Waals surface area contributed by atoms with Crippen molar-refractivity contribution in [1.29, 1.82) is 0 Å². The monoisotopic (exact) mass is 403 g/mol. The zero-order valence-corrected chi connectivity index (χ0v) is 15.7. The number of piperazine rings is 1. The first kappa shape index (κ1) is 20.2. The van der Waals surface area contributed by atoms with Gasteiger partial charge in [0, 0.05) is 37.4 Å². The highest BCUT2D eigenvalue weighted by molar-refractivity contribution is 5.95. The van der Waals surface area contributed by atoms with Crippen molar-refractivity contribution in [2.45, 2.75) is 0 Å². The second-order valence-corrected chi connectivity index (χ2v) is 6.41. The summed E-state index contributed by atoms with van der Waals surface area (Å²) in [5, 5.41) is 2.60. The summed E-state index contributed by atoms with van der Waals surface area (Å²) in [7, 11) is 1.14. The largest absolute Gasteiger partial charge is 0.465 e. The molecular weight excluding hydrogens is 384 g/mol. The van der Waals surface area contributed by atoms with Crippen LogP contribution in [0.4, 0.5) is 19.3 Å². The van der Waals surface area contributed by atoms with Gasteiger partial charge in [0.05, 0.1) is 12.7 Å². The van der Waals surface area contributed by atoms with Crippen LogP contribution in [-0.2, 0) is 4.74 Å². The summed E-state index contributed by atoms with van der Waals surface area (Å²) in [4.78, 5) is 39.5. The van der Waals surface area contributed by atoms with Gasteiger partial charge in [-0.2, -0.15) is 0 Å². The number of nitrogens with one attached hydrogen (secondary N) is 1. The maximum absolute atomic E-state index is 13.7. The van der Waals surface area contributed by atoms with Crippen LogP contribution < -0.4 is 5.32 Å². The number of ether oxygens (including phenoxy) is 1. The van der Waals surface area contributed by atoms with E-state index in [1.807, 2.05) is 0 Å². The van der Waals surface area contributed by atoms with E-state index < -0.39 is 23.6 Å². The first-order valence-corrected chi connectivity index (χ1v) is 8.87. The lowest BCUT2D eigenvalue weighted by Gasteiger charge is -2.34. The highest BCUT2D eigenvalue weighted by Crippen LogP contribution is 2.17. The Balaban J connectivity index is 1.59. The standard InChI is InChI=1S/C20H19F2N3O4/c1-29-19(27)16-12-15(5-6-17(16)22)23-20(28)25-9-7-24(8-10-25)18(26)13-3-2-4-14(21)11-13/h2-6,11-12H,7-10H2,1H3,(H,23,28). The van der Waals surface area contributed by atoms with E-state index in [-0.39, 0.29) is 35.8 Å². The van der Waals surface area contributed by atoms with Crippen molar-refractivity contribution < 1.29 is 27.9 Å². The number of nitrogens with zero attached hydrogens (tertiary/aromatic N) is 2. The van der Waals surface area contributed by atoms with E-state index in [1.165, 1.54) is 41.3 Å². The lowest BCUT2D eigenvalue weighted by molar-refractivity contribution is 0.0595. The Morgan fingerprint density at radius 3 is 2.31 bits per heavy atom. The summed E-state index contributed by atoms with van der Waals surface area (Å²) < 4.78 is 31.5. The average molecular weight is 403 g/mol. The number of benzene rings is 2. The molecule has 0 spiro atoms. The number of halogens is 2. The van der Waals surface area contributed by atoms with Crippen LogP contribution in [0.15, 0.2) is 42.5 Å². The first-order chi connectivity index (χ1) is 13.9. The molecule has 3 amide bonds. The van der Waals surface area contributed by atoms with Crippen LogP contribution >= 0.6 is 0 Å². The molecule has 1 heterocycles. The number of esters is 1. The van der Waals surface area contributed by atoms with E-state index >= 15 is 0 Å². The van der Waals surface area contributed by atoms with Crippen LogP contribution in [-0.4, -0.2) is 61.0 Å². The van der Waals surface area contributed by atoms with Gasteiger partial charge in [-0.15, -0.1) is 0 Å². The highest BCUT2D eigenvalue weighted by Gasteiger charge is 2.25. The molecule has 0 radical (unpaired) electrons. The Labute approximate surface area is 165 Å². The minimum Gasteiger partial charge on any atom is -0.465 e. The van der Waals surface area contributed by atoms with Crippen LogP contribution in [0.5, 0.6) is 0 Å². The minimum atomic E-state index is -0.844. The van der Waals surface area contributed by atoms with Gasteiger partial charge in [0.25, 0.3) is 5.91 Å². The van der Waals surface area contributed by atoms with Crippen molar-refractivity contribution >= 4 is 23.6 Å². The molecule has 29 heavy (non-hydrogen) atoms. The van der Waals surface area contributed by atoms with E-state index in [9.17, 15) is 23.2 Å². The topological polar surface area (TPSA) is 79.0 Å². The molecule has 1 fully saturated rings. The Hall–Kier alpha value is -3.49. The maximum Gasteiger partial charge on any atom is 0.340 e.